The molecule has 114 valence electrons. The van der Waals surface area contributed by atoms with Crippen molar-refractivity contribution in [3.63, 3.8) is 0 Å². The smallest absolute Gasteiger partial charge is 0.258 e. The van der Waals surface area contributed by atoms with E-state index in [1.807, 2.05) is 6.07 Å². The van der Waals surface area contributed by atoms with Crippen LogP contribution in [0.15, 0.2) is 46.2 Å². The van der Waals surface area contributed by atoms with Gasteiger partial charge in [0.25, 0.3) is 5.91 Å². The fraction of sp³-hybridized carbons (Fsp3) is 0.133. The number of para-hydroxylation sites is 1. The highest BCUT2D eigenvalue weighted by atomic mass is 32.2. The number of thioether (sulfide) groups is 1. The Hall–Kier alpha value is -2.54. The largest absolute Gasteiger partial charge is 0.369 e. The molecule has 0 spiro atoms. The van der Waals surface area contributed by atoms with E-state index in [4.69, 9.17) is 5.73 Å². The molecule has 7 heteroatoms. The van der Waals surface area contributed by atoms with Gasteiger partial charge in [0.1, 0.15) is 0 Å². The Labute approximate surface area is 131 Å². The Morgan fingerprint density at radius 2 is 1.95 bits per heavy atom. The third-order valence-corrected chi connectivity index (χ3v) is 3.85. The number of aryl methyl sites for hydroxylation is 1. The average molecular weight is 317 g/mol. The quantitative estimate of drug-likeness (QED) is 0.727. The van der Waals surface area contributed by atoms with Crippen LogP contribution in [0.2, 0.25) is 0 Å². The highest BCUT2D eigenvalue weighted by Gasteiger charge is 2.17. The monoisotopic (exact) mass is 317 g/mol. The standard InChI is InChI=1S/C15H15N3O3S/c1-9-7-12(20)18-15(22-8-11(16)19)13(9)14(21)17-10-5-3-2-4-6-10/h2-7H,8H2,1H3,(H2,16,19)(H,17,21)(H,18,20). The summed E-state index contributed by atoms with van der Waals surface area (Å²) in [6.07, 6.45) is 0. The summed E-state index contributed by atoms with van der Waals surface area (Å²) in [4.78, 5) is 37.5. The Balaban J connectivity index is 2.33. The molecule has 0 unspecified atom stereocenters. The molecule has 4 N–H and O–H groups in total. The fourth-order valence-electron chi connectivity index (χ4n) is 1.91. The van der Waals surface area contributed by atoms with Crippen molar-refractivity contribution in [2.75, 3.05) is 11.1 Å². The first-order chi connectivity index (χ1) is 10.5. The number of hydrogen-bond donors (Lipinski definition) is 3. The number of carbonyl (C=O) groups excluding carboxylic acids is 2. The molecule has 0 radical (unpaired) electrons. The van der Waals surface area contributed by atoms with Gasteiger partial charge in [-0.15, -0.1) is 0 Å². The third kappa shape index (κ3) is 3.98. The van der Waals surface area contributed by atoms with Crippen LogP contribution in [0.25, 0.3) is 0 Å². The lowest BCUT2D eigenvalue weighted by Gasteiger charge is -2.11. The van der Waals surface area contributed by atoms with Gasteiger partial charge in [0, 0.05) is 11.8 Å². The van der Waals surface area contributed by atoms with Crippen molar-refractivity contribution in [1.82, 2.24) is 4.98 Å². The van der Waals surface area contributed by atoms with Crippen LogP contribution < -0.4 is 16.6 Å². The van der Waals surface area contributed by atoms with Gasteiger partial charge in [-0.1, -0.05) is 30.0 Å². The van der Waals surface area contributed by atoms with Crippen molar-refractivity contribution in [2.45, 2.75) is 11.9 Å². The van der Waals surface area contributed by atoms with E-state index < -0.39 is 5.91 Å². The minimum absolute atomic E-state index is 0.0228. The van der Waals surface area contributed by atoms with Gasteiger partial charge in [0.05, 0.1) is 16.3 Å². The zero-order chi connectivity index (χ0) is 16.1. The number of benzene rings is 1. The molecule has 2 rings (SSSR count). The highest BCUT2D eigenvalue weighted by molar-refractivity contribution is 8.00. The molecule has 2 aromatic rings. The van der Waals surface area contributed by atoms with Crippen molar-refractivity contribution in [2.24, 2.45) is 5.73 Å². The van der Waals surface area contributed by atoms with Crippen molar-refractivity contribution in [3.8, 4) is 0 Å². The van der Waals surface area contributed by atoms with Crippen LogP contribution in [-0.2, 0) is 4.79 Å². The summed E-state index contributed by atoms with van der Waals surface area (Å²) in [5, 5.41) is 3.09. The topological polar surface area (TPSA) is 105 Å². The van der Waals surface area contributed by atoms with E-state index in [0.29, 0.717) is 21.8 Å². The Morgan fingerprint density at radius 3 is 2.59 bits per heavy atom. The molecule has 0 fully saturated rings. The van der Waals surface area contributed by atoms with E-state index in [-0.39, 0.29) is 17.2 Å². The van der Waals surface area contributed by atoms with Crippen molar-refractivity contribution in [1.29, 1.82) is 0 Å². The lowest BCUT2D eigenvalue weighted by Crippen LogP contribution is -2.20. The number of nitrogens with one attached hydrogen (secondary N) is 2. The average Bonchev–Trinajstić information content (AvgIpc) is 2.45. The van der Waals surface area contributed by atoms with Gasteiger partial charge in [-0.3, -0.25) is 14.4 Å². The lowest BCUT2D eigenvalue weighted by atomic mass is 10.1. The van der Waals surface area contributed by atoms with Crippen molar-refractivity contribution in [3.05, 3.63) is 57.9 Å². The van der Waals surface area contributed by atoms with Gasteiger partial charge < -0.3 is 16.0 Å². The molecular formula is C15H15N3O3S. The second-order valence-corrected chi connectivity index (χ2v) is 5.58. The minimum atomic E-state index is -0.526. The highest BCUT2D eigenvalue weighted by Crippen LogP contribution is 2.22. The second kappa shape index (κ2) is 6.95. The van der Waals surface area contributed by atoms with Crippen LogP contribution >= 0.6 is 11.8 Å². The van der Waals surface area contributed by atoms with Crippen LogP contribution in [-0.4, -0.2) is 22.6 Å². The molecule has 0 aliphatic heterocycles. The SMILES string of the molecule is Cc1cc(=O)[nH]c(SCC(N)=O)c1C(=O)Nc1ccccc1. The molecule has 0 saturated heterocycles. The predicted molar refractivity (Wildman–Crippen MR) is 86.1 cm³/mol. The molecular weight excluding hydrogens is 302 g/mol. The number of aromatic amines is 1. The number of hydrogen-bond acceptors (Lipinski definition) is 4. The molecule has 2 amide bonds. The predicted octanol–water partition coefficient (Wildman–Crippen LogP) is 1.51. The summed E-state index contributed by atoms with van der Waals surface area (Å²) in [5.41, 5.74) is 6.28. The van der Waals surface area contributed by atoms with E-state index in [2.05, 4.69) is 10.3 Å². The molecule has 6 nitrogen and oxygen atoms in total. The fourth-order valence-corrected chi connectivity index (χ4v) is 2.76. The molecule has 0 aliphatic rings. The van der Waals surface area contributed by atoms with E-state index in [1.54, 1.807) is 31.2 Å². The number of primary amides is 1. The van der Waals surface area contributed by atoms with E-state index in [9.17, 15) is 14.4 Å². The van der Waals surface area contributed by atoms with E-state index >= 15 is 0 Å². The molecule has 22 heavy (non-hydrogen) atoms. The number of H-pyrrole nitrogens is 1. The van der Waals surface area contributed by atoms with Gasteiger partial charge in [0.15, 0.2) is 0 Å². The summed E-state index contributed by atoms with van der Waals surface area (Å²) < 4.78 is 0. The zero-order valence-electron chi connectivity index (χ0n) is 11.9. The summed E-state index contributed by atoms with van der Waals surface area (Å²) in [5.74, 6) is -0.904. The van der Waals surface area contributed by atoms with Crippen molar-refractivity contribution >= 4 is 29.3 Å². The normalized spacial score (nSPS) is 10.2. The molecule has 0 saturated carbocycles. The van der Waals surface area contributed by atoms with Gasteiger partial charge in [0.2, 0.25) is 11.5 Å². The summed E-state index contributed by atoms with van der Waals surface area (Å²) in [6.45, 7) is 1.67. The molecule has 0 atom stereocenters. The Morgan fingerprint density at radius 1 is 1.27 bits per heavy atom. The lowest BCUT2D eigenvalue weighted by molar-refractivity contribution is -0.115. The van der Waals surface area contributed by atoms with Gasteiger partial charge in [-0.05, 0) is 24.6 Å². The van der Waals surface area contributed by atoms with Gasteiger partial charge >= 0.3 is 0 Å². The number of pyridine rings is 1. The molecule has 0 bridgehead atoms. The molecule has 1 aromatic carbocycles. The van der Waals surface area contributed by atoms with Crippen LogP contribution in [0.4, 0.5) is 5.69 Å². The first kappa shape index (κ1) is 15.8. The molecule has 1 aromatic heterocycles. The van der Waals surface area contributed by atoms with Gasteiger partial charge in [-0.25, -0.2) is 0 Å². The summed E-state index contributed by atoms with van der Waals surface area (Å²) in [7, 11) is 0. The van der Waals surface area contributed by atoms with Crippen LogP contribution in [0.3, 0.4) is 0 Å². The second-order valence-electron chi connectivity index (χ2n) is 4.60. The molecule has 0 aliphatic carbocycles. The first-order valence-electron chi connectivity index (χ1n) is 6.49. The van der Waals surface area contributed by atoms with E-state index in [1.165, 1.54) is 6.07 Å². The van der Waals surface area contributed by atoms with Crippen LogP contribution in [0.1, 0.15) is 15.9 Å². The number of rotatable bonds is 5. The number of carbonyl (C=O) groups is 2. The number of amides is 2. The maximum atomic E-state index is 12.4. The van der Waals surface area contributed by atoms with Gasteiger partial charge in [-0.2, -0.15) is 0 Å². The maximum Gasteiger partial charge on any atom is 0.258 e. The van der Waals surface area contributed by atoms with E-state index in [0.717, 1.165) is 11.8 Å². The number of anilines is 1. The number of nitrogens with two attached hydrogens (primary N) is 1. The van der Waals surface area contributed by atoms with Crippen LogP contribution in [0, 0.1) is 6.92 Å². The first-order valence-corrected chi connectivity index (χ1v) is 7.47. The van der Waals surface area contributed by atoms with Crippen molar-refractivity contribution < 1.29 is 9.59 Å². The Bertz CT molecular complexity index is 756. The molecule has 1 heterocycles. The Kier molecular flexibility index (Phi) is 5.00. The summed E-state index contributed by atoms with van der Waals surface area (Å²) in [6, 6.07) is 10.3. The zero-order valence-corrected chi connectivity index (χ0v) is 12.7. The maximum absolute atomic E-state index is 12.4. The number of aromatic nitrogens is 1. The summed E-state index contributed by atoms with van der Waals surface area (Å²) >= 11 is 1.03. The minimum Gasteiger partial charge on any atom is -0.369 e. The third-order valence-electron chi connectivity index (χ3n) is 2.82. The van der Waals surface area contributed by atoms with Crippen LogP contribution in [0.5, 0.6) is 0 Å².